The standard InChI is InChI=1S/C12H20O7/c1-6-9(15-4)10(18-7(2)13)11(19-8(3)14)12(16-5)17-6/h6,9-12H,1-5H3/t6-,9+,10+,11-,12-/m0/s1. The van der Waals surface area contributed by atoms with E-state index < -0.39 is 36.5 Å². The summed E-state index contributed by atoms with van der Waals surface area (Å²) in [5.41, 5.74) is 0. The van der Waals surface area contributed by atoms with E-state index in [2.05, 4.69) is 0 Å². The van der Waals surface area contributed by atoms with Crippen molar-refractivity contribution in [2.24, 2.45) is 0 Å². The Morgan fingerprint density at radius 2 is 1.42 bits per heavy atom. The highest BCUT2D eigenvalue weighted by Crippen LogP contribution is 2.28. The molecule has 0 aromatic rings. The van der Waals surface area contributed by atoms with Crippen LogP contribution in [0.25, 0.3) is 0 Å². The Morgan fingerprint density at radius 1 is 0.895 bits per heavy atom. The molecule has 0 unspecified atom stereocenters. The minimum Gasteiger partial charge on any atom is -0.455 e. The summed E-state index contributed by atoms with van der Waals surface area (Å²) in [7, 11) is 2.89. The van der Waals surface area contributed by atoms with Gasteiger partial charge in [0.2, 0.25) is 0 Å². The van der Waals surface area contributed by atoms with Crippen LogP contribution in [0.4, 0.5) is 0 Å². The minimum atomic E-state index is -0.868. The average molecular weight is 276 g/mol. The zero-order valence-corrected chi connectivity index (χ0v) is 11.7. The van der Waals surface area contributed by atoms with Gasteiger partial charge in [-0.05, 0) is 6.92 Å². The Balaban J connectivity index is 2.99. The summed E-state index contributed by atoms with van der Waals surface area (Å²) in [5.74, 6) is -1.01. The van der Waals surface area contributed by atoms with Gasteiger partial charge >= 0.3 is 11.9 Å². The second-order valence-corrected chi connectivity index (χ2v) is 4.29. The van der Waals surface area contributed by atoms with Crippen LogP contribution in [-0.4, -0.2) is 56.9 Å². The van der Waals surface area contributed by atoms with Crippen molar-refractivity contribution in [3.8, 4) is 0 Å². The van der Waals surface area contributed by atoms with Crippen molar-refractivity contribution in [2.75, 3.05) is 14.2 Å². The van der Waals surface area contributed by atoms with E-state index in [1.165, 1.54) is 28.1 Å². The molecule has 0 spiro atoms. The number of carbonyl (C=O) groups excluding carboxylic acids is 2. The molecule has 7 nitrogen and oxygen atoms in total. The number of methoxy groups -OCH3 is 2. The minimum absolute atomic E-state index is 0.369. The third kappa shape index (κ3) is 3.89. The molecule has 0 radical (unpaired) electrons. The molecule has 0 aromatic heterocycles. The fourth-order valence-electron chi connectivity index (χ4n) is 2.13. The van der Waals surface area contributed by atoms with Crippen LogP contribution < -0.4 is 0 Å². The molecule has 1 aliphatic rings. The van der Waals surface area contributed by atoms with E-state index in [9.17, 15) is 9.59 Å². The summed E-state index contributed by atoms with van der Waals surface area (Å²) in [6.45, 7) is 4.30. The molecule has 110 valence electrons. The number of carbonyl (C=O) groups is 2. The van der Waals surface area contributed by atoms with Crippen molar-refractivity contribution < 1.29 is 33.3 Å². The first kappa shape index (κ1) is 15.9. The van der Waals surface area contributed by atoms with E-state index in [4.69, 9.17) is 23.7 Å². The van der Waals surface area contributed by atoms with Gasteiger partial charge in [0.15, 0.2) is 18.5 Å². The van der Waals surface area contributed by atoms with Gasteiger partial charge in [-0.25, -0.2) is 0 Å². The topological polar surface area (TPSA) is 80.3 Å². The number of hydrogen-bond donors (Lipinski definition) is 0. The normalized spacial score (nSPS) is 34.7. The molecular weight excluding hydrogens is 256 g/mol. The molecule has 0 saturated carbocycles. The molecule has 5 atom stereocenters. The summed E-state index contributed by atoms with van der Waals surface area (Å²) >= 11 is 0. The first-order valence-electron chi connectivity index (χ1n) is 5.96. The molecule has 0 amide bonds. The van der Waals surface area contributed by atoms with Crippen LogP contribution in [0.2, 0.25) is 0 Å². The number of rotatable bonds is 4. The van der Waals surface area contributed by atoms with E-state index in [-0.39, 0.29) is 6.10 Å². The highest BCUT2D eigenvalue weighted by Gasteiger charge is 2.49. The van der Waals surface area contributed by atoms with Crippen LogP contribution in [0.1, 0.15) is 20.8 Å². The fraction of sp³-hybridized carbons (Fsp3) is 0.833. The smallest absolute Gasteiger partial charge is 0.303 e. The molecular formula is C12H20O7. The summed E-state index contributed by atoms with van der Waals surface area (Å²) in [6, 6.07) is 0. The predicted octanol–water partition coefficient (Wildman–Crippen LogP) is 0.256. The third-order valence-corrected chi connectivity index (χ3v) is 2.84. The molecule has 0 aromatic carbocycles. The van der Waals surface area contributed by atoms with Crippen LogP contribution >= 0.6 is 0 Å². The van der Waals surface area contributed by atoms with Crippen molar-refractivity contribution in [1.82, 2.24) is 0 Å². The van der Waals surface area contributed by atoms with E-state index in [0.717, 1.165) is 0 Å². The van der Waals surface area contributed by atoms with E-state index in [1.54, 1.807) is 6.92 Å². The molecule has 19 heavy (non-hydrogen) atoms. The number of hydrogen-bond acceptors (Lipinski definition) is 7. The summed E-state index contributed by atoms with van der Waals surface area (Å²) in [6.07, 6.45) is -3.37. The van der Waals surface area contributed by atoms with Gasteiger partial charge in [0, 0.05) is 28.1 Å². The zero-order valence-electron chi connectivity index (χ0n) is 11.7. The van der Waals surface area contributed by atoms with Crippen molar-refractivity contribution in [3.05, 3.63) is 0 Å². The fourth-order valence-corrected chi connectivity index (χ4v) is 2.13. The lowest BCUT2D eigenvalue weighted by molar-refractivity contribution is -0.295. The second kappa shape index (κ2) is 6.83. The van der Waals surface area contributed by atoms with Crippen LogP contribution in [0.15, 0.2) is 0 Å². The lowest BCUT2D eigenvalue weighted by Crippen LogP contribution is -2.60. The van der Waals surface area contributed by atoms with Gasteiger partial charge in [-0.15, -0.1) is 0 Å². The number of esters is 2. The predicted molar refractivity (Wildman–Crippen MR) is 63.2 cm³/mol. The van der Waals surface area contributed by atoms with Crippen LogP contribution in [0.5, 0.6) is 0 Å². The largest absolute Gasteiger partial charge is 0.455 e. The second-order valence-electron chi connectivity index (χ2n) is 4.29. The van der Waals surface area contributed by atoms with E-state index in [1.807, 2.05) is 0 Å². The van der Waals surface area contributed by atoms with E-state index >= 15 is 0 Å². The quantitative estimate of drug-likeness (QED) is 0.681. The molecule has 1 fully saturated rings. The SMILES string of the molecule is CO[C@H]1O[C@@H](C)[C@@H](OC)[C@@H](OC(C)=O)[C@@H]1OC(C)=O. The average Bonchev–Trinajstić information content (AvgIpc) is 2.31. The number of ether oxygens (including phenoxy) is 5. The first-order valence-corrected chi connectivity index (χ1v) is 5.96. The Hall–Kier alpha value is -1.18. The van der Waals surface area contributed by atoms with Gasteiger partial charge in [-0.3, -0.25) is 9.59 Å². The Labute approximate surface area is 112 Å². The van der Waals surface area contributed by atoms with Crippen LogP contribution in [0.3, 0.4) is 0 Å². The van der Waals surface area contributed by atoms with Crippen molar-refractivity contribution >= 4 is 11.9 Å². The summed E-state index contributed by atoms with van der Waals surface area (Å²) in [5, 5.41) is 0. The maximum Gasteiger partial charge on any atom is 0.303 e. The Kier molecular flexibility index (Phi) is 5.71. The van der Waals surface area contributed by atoms with E-state index in [0.29, 0.717) is 0 Å². The van der Waals surface area contributed by atoms with Crippen LogP contribution in [-0.2, 0) is 33.3 Å². The molecule has 7 heteroatoms. The van der Waals surface area contributed by atoms with Crippen molar-refractivity contribution in [1.29, 1.82) is 0 Å². The molecule has 1 heterocycles. The Bertz CT molecular complexity index is 330. The van der Waals surface area contributed by atoms with Crippen molar-refractivity contribution in [2.45, 2.75) is 51.5 Å². The maximum atomic E-state index is 11.2. The maximum absolute atomic E-state index is 11.2. The van der Waals surface area contributed by atoms with Gasteiger partial charge in [-0.1, -0.05) is 0 Å². The molecule has 0 bridgehead atoms. The van der Waals surface area contributed by atoms with Crippen LogP contribution in [0, 0.1) is 0 Å². The third-order valence-electron chi connectivity index (χ3n) is 2.84. The monoisotopic (exact) mass is 276 g/mol. The van der Waals surface area contributed by atoms with Gasteiger partial charge in [0.1, 0.15) is 6.10 Å². The highest BCUT2D eigenvalue weighted by atomic mass is 16.7. The molecule has 0 N–H and O–H groups in total. The van der Waals surface area contributed by atoms with Gasteiger partial charge in [-0.2, -0.15) is 0 Å². The Morgan fingerprint density at radius 3 is 1.84 bits per heavy atom. The van der Waals surface area contributed by atoms with Gasteiger partial charge in [0.25, 0.3) is 0 Å². The van der Waals surface area contributed by atoms with Gasteiger partial charge in [0.05, 0.1) is 6.10 Å². The van der Waals surface area contributed by atoms with Crippen molar-refractivity contribution in [3.63, 3.8) is 0 Å². The summed E-state index contributed by atoms with van der Waals surface area (Å²) in [4.78, 5) is 22.4. The van der Waals surface area contributed by atoms with Gasteiger partial charge < -0.3 is 23.7 Å². The lowest BCUT2D eigenvalue weighted by atomic mass is 9.99. The summed E-state index contributed by atoms with van der Waals surface area (Å²) < 4.78 is 26.3. The zero-order chi connectivity index (χ0) is 14.6. The molecule has 1 saturated heterocycles. The molecule has 1 rings (SSSR count). The molecule has 0 aliphatic carbocycles. The highest BCUT2D eigenvalue weighted by molar-refractivity contribution is 5.67. The first-order chi connectivity index (χ1) is 8.90. The lowest BCUT2D eigenvalue weighted by Gasteiger charge is -2.42. The molecule has 1 aliphatic heterocycles.